The number of hydrogen-bond donors (Lipinski definition) is 0. The molecule has 0 aromatic heterocycles. The van der Waals surface area contributed by atoms with E-state index in [9.17, 15) is 30.4 Å². The van der Waals surface area contributed by atoms with Crippen LogP contribution in [0.3, 0.4) is 0 Å². The molecule has 0 saturated carbocycles. The third-order valence-electron chi connectivity index (χ3n) is 2.85. The lowest BCUT2D eigenvalue weighted by atomic mass is 10.2. The lowest BCUT2D eigenvalue weighted by Crippen LogP contribution is -2.14. The van der Waals surface area contributed by atoms with Crippen molar-refractivity contribution in [3.8, 4) is 17.9 Å². The second-order valence-corrected chi connectivity index (χ2v) is 6.06. The zero-order chi connectivity index (χ0) is 20.2. The van der Waals surface area contributed by atoms with Crippen molar-refractivity contribution in [3.05, 3.63) is 65.0 Å². The van der Waals surface area contributed by atoms with Crippen molar-refractivity contribution in [1.29, 1.82) is 5.26 Å². The third-order valence-corrected chi connectivity index (χ3v) is 3.98. The second kappa shape index (κ2) is 7.85. The van der Waals surface area contributed by atoms with Gasteiger partial charge in [0, 0.05) is 5.56 Å². The Labute approximate surface area is 149 Å². The molecule has 0 aliphatic carbocycles. The fourth-order valence-corrected chi connectivity index (χ4v) is 2.52. The van der Waals surface area contributed by atoms with Crippen LogP contribution in [-0.2, 0) is 14.4 Å². The van der Waals surface area contributed by atoms with Crippen molar-refractivity contribution in [2.24, 2.45) is 5.16 Å². The van der Waals surface area contributed by atoms with E-state index in [0.717, 1.165) is 0 Å². The molecule has 11 heteroatoms. The van der Waals surface area contributed by atoms with Crippen molar-refractivity contribution in [1.82, 2.24) is 0 Å². The quantitative estimate of drug-likeness (QED) is 0.198. The third kappa shape index (κ3) is 4.22. The Morgan fingerprint density at radius 2 is 1.44 bits per heavy atom. The summed E-state index contributed by atoms with van der Waals surface area (Å²) in [4.78, 5) is -2.24. The van der Waals surface area contributed by atoms with Crippen LogP contribution in [0, 0.1) is 52.3 Å². The summed E-state index contributed by atoms with van der Waals surface area (Å²) in [7, 11) is -5.57. The average Bonchev–Trinajstić information content (AvgIpc) is 2.65. The zero-order valence-electron chi connectivity index (χ0n) is 12.8. The summed E-state index contributed by atoms with van der Waals surface area (Å²) in [5.74, 6) is -8.22. The van der Waals surface area contributed by atoms with Crippen molar-refractivity contribution in [2.75, 3.05) is 0 Å². The second-order valence-electron chi connectivity index (χ2n) is 4.60. The van der Waals surface area contributed by atoms with Gasteiger partial charge in [0.15, 0.2) is 28.2 Å². The van der Waals surface area contributed by atoms with Gasteiger partial charge in [0.1, 0.15) is 6.07 Å². The molecule has 2 rings (SSSR count). The normalized spacial score (nSPS) is 11.3. The predicted molar refractivity (Wildman–Crippen MR) is 80.9 cm³/mol. The van der Waals surface area contributed by atoms with E-state index in [0.29, 0.717) is 5.56 Å². The van der Waals surface area contributed by atoms with E-state index in [-0.39, 0.29) is 0 Å². The number of rotatable bonds is 3. The first-order valence-corrected chi connectivity index (χ1v) is 8.10. The van der Waals surface area contributed by atoms with E-state index in [4.69, 9.17) is 5.26 Å². The molecule has 0 amide bonds. The number of oxime groups is 1. The van der Waals surface area contributed by atoms with E-state index in [1.807, 2.05) is 0 Å². The summed E-state index contributed by atoms with van der Waals surface area (Å²) in [5.41, 5.74) is -0.408. The molecule has 0 saturated heterocycles. The van der Waals surface area contributed by atoms with E-state index in [2.05, 4.69) is 21.3 Å². The molecular weight excluding hydrogens is 395 g/mol. The van der Waals surface area contributed by atoms with Gasteiger partial charge in [0.25, 0.3) is 0 Å². The van der Waals surface area contributed by atoms with Crippen LogP contribution in [0.2, 0.25) is 0 Å². The maximum atomic E-state index is 13.6. The number of nitriles is 1. The molecule has 0 N–H and O–H groups in total. The van der Waals surface area contributed by atoms with Crippen molar-refractivity contribution >= 4 is 15.8 Å². The van der Waals surface area contributed by atoms with E-state index in [1.165, 1.54) is 6.07 Å². The van der Waals surface area contributed by atoms with Gasteiger partial charge in [-0.1, -0.05) is 24.1 Å². The maximum absolute atomic E-state index is 13.6. The first-order valence-electron chi connectivity index (χ1n) is 6.69. The minimum Gasteiger partial charge on any atom is -0.263 e. The smallest absolute Gasteiger partial charge is 0.263 e. The van der Waals surface area contributed by atoms with Gasteiger partial charge >= 0.3 is 10.1 Å². The Kier molecular flexibility index (Phi) is 5.78. The Morgan fingerprint density at radius 1 is 0.926 bits per heavy atom. The lowest BCUT2D eigenvalue weighted by Gasteiger charge is -2.06. The molecule has 0 bridgehead atoms. The van der Waals surface area contributed by atoms with Crippen LogP contribution in [0.25, 0.3) is 0 Å². The van der Waals surface area contributed by atoms with Crippen molar-refractivity contribution < 1.29 is 34.7 Å². The fourth-order valence-electron chi connectivity index (χ4n) is 1.65. The standard InChI is InChI=1S/C16H5F5N2O3S/c17-11-12(18)14(20)16(15(21)13(11)19)27(24,25)26-23-10(8-22)7-6-9-4-2-1-3-5-9/h1-5H. The molecule has 0 radical (unpaired) electrons. The predicted octanol–water partition coefficient (Wildman–Crippen LogP) is 3.02. The van der Waals surface area contributed by atoms with Crippen LogP contribution in [0.1, 0.15) is 5.56 Å². The minimum atomic E-state index is -5.57. The van der Waals surface area contributed by atoms with Gasteiger partial charge in [0.2, 0.25) is 11.5 Å². The van der Waals surface area contributed by atoms with Crippen LogP contribution in [0.5, 0.6) is 0 Å². The molecule has 0 unspecified atom stereocenters. The maximum Gasteiger partial charge on any atom is 0.364 e. The van der Waals surface area contributed by atoms with Crippen LogP contribution >= 0.6 is 0 Å². The Hall–Kier alpha value is -3.44. The molecular formula is C16H5F5N2O3S. The summed E-state index contributed by atoms with van der Waals surface area (Å²) < 4.78 is 93.7. The molecule has 0 spiro atoms. The lowest BCUT2D eigenvalue weighted by molar-refractivity contribution is 0.318. The highest BCUT2D eigenvalue weighted by molar-refractivity contribution is 7.86. The fraction of sp³-hybridized carbons (Fsp3) is 0. The van der Waals surface area contributed by atoms with E-state index < -0.39 is 49.8 Å². The van der Waals surface area contributed by atoms with Gasteiger partial charge in [-0.3, -0.25) is 4.28 Å². The summed E-state index contributed by atoms with van der Waals surface area (Å²) in [5, 5.41) is 11.6. The van der Waals surface area contributed by atoms with Gasteiger partial charge in [-0.25, -0.2) is 22.0 Å². The van der Waals surface area contributed by atoms with Crippen LogP contribution < -0.4 is 0 Å². The van der Waals surface area contributed by atoms with Gasteiger partial charge in [-0.05, 0) is 23.2 Å². The van der Waals surface area contributed by atoms with E-state index in [1.54, 1.807) is 30.3 Å². The molecule has 5 nitrogen and oxygen atoms in total. The molecule has 0 atom stereocenters. The van der Waals surface area contributed by atoms with Gasteiger partial charge < -0.3 is 0 Å². The molecule has 2 aromatic carbocycles. The molecule has 0 heterocycles. The molecule has 138 valence electrons. The van der Waals surface area contributed by atoms with Crippen LogP contribution in [-0.4, -0.2) is 14.1 Å². The van der Waals surface area contributed by atoms with Crippen molar-refractivity contribution in [2.45, 2.75) is 4.90 Å². The largest absolute Gasteiger partial charge is 0.364 e. The van der Waals surface area contributed by atoms with Gasteiger partial charge in [-0.15, -0.1) is 0 Å². The molecule has 0 aliphatic rings. The summed E-state index contributed by atoms with van der Waals surface area (Å²) in [6.45, 7) is 0. The molecule has 0 fully saturated rings. The van der Waals surface area contributed by atoms with Crippen molar-refractivity contribution in [3.63, 3.8) is 0 Å². The van der Waals surface area contributed by atoms with Crippen LogP contribution in [0.4, 0.5) is 22.0 Å². The summed E-state index contributed by atoms with van der Waals surface area (Å²) in [6.07, 6.45) is 0. The number of halogens is 5. The highest BCUT2D eigenvalue weighted by Gasteiger charge is 2.35. The number of hydrogen-bond acceptors (Lipinski definition) is 5. The van der Waals surface area contributed by atoms with Gasteiger partial charge in [0.05, 0.1) is 0 Å². The average molecular weight is 400 g/mol. The molecule has 27 heavy (non-hydrogen) atoms. The summed E-state index contributed by atoms with van der Waals surface area (Å²) in [6, 6.07) is 9.38. The SMILES string of the molecule is N#CC(C#Cc1ccccc1)=NOS(=O)(=O)c1c(F)c(F)c(F)c(F)c1F. The Morgan fingerprint density at radius 3 is 1.96 bits per heavy atom. The highest BCUT2D eigenvalue weighted by atomic mass is 32.2. The monoisotopic (exact) mass is 400 g/mol. The molecule has 2 aromatic rings. The van der Waals surface area contributed by atoms with Gasteiger partial charge in [-0.2, -0.15) is 13.7 Å². The zero-order valence-corrected chi connectivity index (χ0v) is 13.6. The van der Waals surface area contributed by atoms with E-state index >= 15 is 0 Å². The number of benzene rings is 2. The Bertz CT molecular complexity index is 1100. The summed E-state index contributed by atoms with van der Waals surface area (Å²) >= 11 is 0. The highest BCUT2D eigenvalue weighted by Crippen LogP contribution is 2.27. The minimum absolute atomic E-state index is 0.420. The topological polar surface area (TPSA) is 79.5 Å². The number of nitrogens with zero attached hydrogens (tertiary/aromatic N) is 2. The first kappa shape index (κ1) is 19.9. The molecule has 0 aliphatic heterocycles. The first-order chi connectivity index (χ1) is 12.7. The Balaban J connectivity index is 2.41. The van der Waals surface area contributed by atoms with Crippen LogP contribution in [0.15, 0.2) is 40.4 Å².